The molecule has 3 aromatic rings. The molecule has 0 bridgehead atoms. The molecule has 0 aliphatic carbocycles. The van der Waals surface area contributed by atoms with E-state index in [9.17, 15) is 9.59 Å². The van der Waals surface area contributed by atoms with Crippen LogP contribution in [0, 0.1) is 0 Å². The van der Waals surface area contributed by atoms with Crippen molar-refractivity contribution >= 4 is 23.4 Å². The second-order valence-corrected chi connectivity index (χ2v) is 9.43. The van der Waals surface area contributed by atoms with E-state index in [-0.39, 0.29) is 11.5 Å². The molecule has 184 valence electrons. The Bertz CT molecular complexity index is 1280. The molecule has 1 aliphatic heterocycles. The lowest BCUT2D eigenvalue weighted by Gasteiger charge is -2.31. The van der Waals surface area contributed by atoms with Crippen LogP contribution in [0.15, 0.2) is 52.4 Å². The Kier molecular flexibility index (Phi) is 7.75. The first-order valence-electron chi connectivity index (χ1n) is 11.8. The minimum absolute atomic E-state index is 0.172. The van der Waals surface area contributed by atoms with E-state index in [4.69, 9.17) is 14.6 Å². The van der Waals surface area contributed by atoms with Crippen LogP contribution in [-0.4, -0.2) is 36.0 Å². The molecule has 0 spiro atoms. The number of nitrogens with one attached hydrogen (secondary N) is 1. The topological polar surface area (TPSA) is 88.4 Å². The van der Waals surface area contributed by atoms with Gasteiger partial charge in [0.1, 0.15) is 11.5 Å². The van der Waals surface area contributed by atoms with Crippen molar-refractivity contribution in [1.29, 1.82) is 0 Å². The lowest BCUT2D eigenvalue weighted by Crippen LogP contribution is -2.60. The number of carbonyl (C=O) groups is 1. The molecule has 9 heteroatoms. The van der Waals surface area contributed by atoms with Gasteiger partial charge < -0.3 is 9.47 Å². The average Bonchev–Trinajstić information content (AvgIpc) is 2.87. The van der Waals surface area contributed by atoms with Crippen LogP contribution in [0.3, 0.4) is 0 Å². The predicted molar refractivity (Wildman–Crippen MR) is 136 cm³/mol. The molecule has 1 aromatic heterocycles. The SMILES string of the molecule is CCCCCCSc1n[n+]2c(c(=O)[nH]1)-c1ccccc1N(C(C)=O)[C@H]2c1ccc(OC)cc1OC. The zero-order valence-corrected chi connectivity index (χ0v) is 21.4. The number of H-pyrrole nitrogens is 1. The third-order valence-corrected chi connectivity index (χ3v) is 7.00. The smallest absolute Gasteiger partial charge is 0.325 e. The number of aromatic amines is 1. The van der Waals surface area contributed by atoms with Crippen LogP contribution < -0.4 is 24.6 Å². The molecule has 2 heterocycles. The molecule has 1 amide bonds. The van der Waals surface area contributed by atoms with Crippen LogP contribution >= 0.6 is 11.8 Å². The molecular weight excluding hydrogens is 464 g/mol. The van der Waals surface area contributed by atoms with E-state index < -0.39 is 6.17 Å². The highest BCUT2D eigenvalue weighted by molar-refractivity contribution is 7.99. The maximum Gasteiger partial charge on any atom is 0.325 e. The fraction of sp³-hybridized carbons (Fsp3) is 0.385. The van der Waals surface area contributed by atoms with Crippen LogP contribution in [0.2, 0.25) is 0 Å². The van der Waals surface area contributed by atoms with Crippen LogP contribution in [0.25, 0.3) is 11.3 Å². The fourth-order valence-electron chi connectivity index (χ4n) is 4.39. The van der Waals surface area contributed by atoms with Gasteiger partial charge >= 0.3 is 11.3 Å². The van der Waals surface area contributed by atoms with Gasteiger partial charge in [-0.2, -0.15) is 0 Å². The molecule has 0 unspecified atom stereocenters. The number of hydrogen-bond acceptors (Lipinski definition) is 6. The van der Waals surface area contributed by atoms with E-state index in [2.05, 4.69) is 11.9 Å². The molecule has 2 aromatic carbocycles. The maximum absolute atomic E-state index is 13.4. The van der Waals surface area contributed by atoms with Crippen molar-refractivity contribution in [3.05, 3.63) is 58.4 Å². The Morgan fingerprint density at radius 3 is 2.66 bits per heavy atom. The molecule has 0 radical (unpaired) electrons. The van der Waals surface area contributed by atoms with Crippen molar-refractivity contribution in [2.75, 3.05) is 24.9 Å². The standard InChI is InChI=1S/C26H30N4O4S/c1-5-6-7-10-15-35-26-27-24(32)23-19-11-8-9-12-21(19)29(17(2)31)25(30(23)28-26)20-14-13-18(33-3)16-22(20)34-4/h8-9,11-14,16,25H,5-7,10,15H2,1-4H3/p+1/t25-/m1/s1. The van der Waals surface area contributed by atoms with Crippen LogP contribution in [0.1, 0.15) is 51.3 Å². The van der Waals surface area contributed by atoms with E-state index in [0.29, 0.717) is 39.2 Å². The number of methoxy groups -OCH3 is 2. The van der Waals surface area contributed by atoms with Gasteiger partial charge in [0.05, 0.1) is 31.0 Å². The van der Waals surface area contributed by atoms with Crippen molar-refractivity contribution in [2.45, 2.75) is 50.9 Å². The highest BCUT2D eigenvalue weighted by Gasteiger charge is 2.46. The number of thioether (sulfide) groups is 1. The zero-order valence-electron chi connectivity index (χ0n) is 20.5. The summed E-state index contributed by atoms with van der Waals surface area (Å²) in [6.07, 6.45) is 3.83. The molecule has 0 fully saturated rings. The Balaban J connectivity index is 1.89. The lowest BCUT2D eigenvalue weighted by molar-refractivity contribution is -0.763. The van der Waals surface area contributed by atoms with Gasteiger partial charge in [0, 0.05) is 23.8 Å². The number of fused-ring (bicyclic) bond motifs is 3. The van der Waals surface area contributed by atoms with Crippen molar-refractivity contribution < 1.29 is 19.0 Å². The number of amides is 1. The number of ether oxygens (including phenoxy) is 2. The summed E-state index contributed by atoms with van der Waals surface area (Å²) in [6.45, 7) is 3.69. The van der Waals surface area contributed by atoms with Crippen LogP contribution in [-0.2, 0) is 4.79 Å². The van der Waals surface area contributed by atoms with E-state index in [1.165, 1.54) is 31.5 Å². The molecule has 1 atom stereocenters. The minimum Gasteiger partial charge on any atom is -0.497 e. The number of hydrogen-bond donors (Lipinski definition) is 1. The Morgan fingerprint density at radius 1 is 1.14 bits per heavy atom. The Labute approximate surface area is 209 Å². The van der Waals surface area contributed by atoms with Crippen molar-refractivity contribution in [1.82, 2.24) is 10.1 Å². The molecule has 4 rings (SSSR count). The van der Waals surface area contributed by atoms with Crippen molar-refractivity contribution in [3.63, 3.8) is 0 Å². The van der Waals surface area contributed by atoms with E-state index >= 15 is 0 Å². The Hall–Kier alpha value is -3.33. The lowest BCUT2D eigenvalue weighted by atomic mass is 10.0. The van der Waals surface area contributed by atoms with Crippen LogP contribution in [0.5, 0.6) is 11.5 Å². The molecule has 0 saturated heterocycles. The van der Waals surface area contributed by atoms with Gasteiger partial charge in [-0.15, -0.1) is 0 Å². The van der Waals surface area contributed by atoms with Gasteiger partial charge in [0.15, 0.2) is 0 Å². The first kappa shape index (κ1) is 24.8. The first-order chi connectivity index (χ1) is 17.0. The molecule has 35 heavy (non-hydrogen) atoms. The molecule has 1 aliphatic rings. The summed E-state index contributed by atoms with van der Waals surface area (Å²) in [5.41, 5.74) is 2.15. The maximum atomic E-state index is 13.4. The fourth-order valence-corrected chi connectivity index (χ4v) is 5.24. The average molecular weight is 496 g/mol. The third-order valence-electron chi connectivity index (χ3n) is 6.05. The normalized spacial score (nSPS) is 14.3. The minimum atomic E-state index is -0.708. The highest BCUT2D eigenvalue weighted by atomic mass is 32.2. The molecular formula is C26H31N4O4S+. The summed E-state index contributed by atoms with van der Waals surface area (Å²) in [7, 11) is 3.16. The van der Waals surface area contributed by atoms with Gasteiger partial charge in [-0.3, -0.25) is 14.6 Å². The first-order valence-corrected chi connectivity index (χ1v) is 12.8. The van der Waals surface area contributed by atoms with E-state index in [1.54, 1.807) is 29.9 Å². The largest absolute Gasteiger partial charge is 0.497 e. The molecule has 0 saturated carbocycles. The van der Waals surface area contributed by atoms with Gasteiger partial charge in [-0.05, 0) is 35.4 Å². The summed E-state index contributed by atoms with van der Waals surface area (Å²) in [5, 5.41) is 5.37. The number of para-hydroxylation sites is 1. The third kappa shape index (κ3) is 4.91. The van der Waals surface area contributed by atoms with Gasteiger partial charge in [-0.1, -0.05) is 50.1 Å². The van der Waals surface area contributed by atoms with Crippen molar-refractivity contribution in [2.24, 2.45) is 0 Å². The number of aromatic nitrogens is 3. The second kappa shape index (κ2) is 10.9. The summed E-state index contributed by atoms with van der Waals surface area (Å²) in [5.74, 6) is 1.85. The summed E-state index contributed by atoms with van der Waals surface area (Å²) >= 11 is 1.52. The second-order valence-electron chi connectivity index (χ2n) is 8.35. The number of anilines is 1. The monoisotopic (exact) mass is 495 g/mol. The quantitative estimate of drug-likeness (QED) is 0.270. The number of unbranched alkanes of at least 4 members (excludes halogenated alkanes) is 3. The zero-order chi connectivity index (χ0) is 24.9. The number of benzene rings is 2. The highest BCUT2D eigenvalue weighted by Crippen LogP contribution is 2.40. The van der Waals surface area contributed by atoms with E-state index in [0.717, 1.165) is 18.6 Å². The van der Waals surface area contributed by atoms with Gasteiger partial charge in [0.25, 0.3) is 6.17 Å². The van der Waals surface area contributed by atoms with Crippen molar-refractivity contribution in [3.8, 4) is 22.8 Å². The number of nitrogens with zero attached hydrogens (tertiary/aromatic N) is 3. The predicted octanol–water partition coefficient (Wildman–Crippen LogP) is 4.33. The van der Waals surface area contributed by atoms with E-state index in [1.807, 2.05) is 36.4 Å². The van der Waals surface area contributed by atoms with Gasteiger partial charge in [0.2, 0.25) is 11.1 Å². The molecule has 1 N–H and O–H groups in total. The van der Waals surface area contributed by atoms with Gasteiger partial charge in [-0.25, -0.2) is 4.90 Å². The summed E-state index contributed by atoms with van der Waals surface area (Å²) in [6, 6.07) is 12.8. The van der Waals surface area contributed by atoms with Crippen LogP contribution in [0.4, 0.5) is 5.69 Å². The number of carbonyl (C=O) groups excluding carboxylic acids is 1. The molecule has 8 nitrogen and oxygen atoms in total. The number of rotatable bonds is 9. The Morgan fingerprint density at radius 2 is 1.94 bits per heavy atom. The summed E-state index contributed by atoms with van der Waals surface area (Å²) in [4.78, 5) is 31.1. The summed E-state index contributed by atoms with van der Waals surface area (Å²) < 4.78 is 12.7.